The van der Waals surface area contributed by atoms with Crippen molar-refractivity contribution < 1.29 is 23.9 Å². The number of amides is 2. The van der Waals surface area contributed by atoms with E-state index in [9.17, 15) is 14.4 Å². The van der Waals surface area contributed by atoms with Crippen molar-refractivity contribution in [3.05, 3.63) is 53.6 Å². The molecule has 0 radical (unpaired) electrons. The third-order valence-corrected chi connectivity index (χ3v) is 4.60. The number of ether oxygens (including phenoxy) is 2. The molecule has 0 aliphatic rings. The molecule has 0 fully saturated rings. The van der Waals surface area contributed by atoms with Gasteiger partial charge in [-0.15, -0.1) is 0 Å². The molecule has 0 aromatic heterocycles. The SMILES string of the molecule is COc1ccc(NC(C)=O)cc1NC(=O)COC(=O)CCc1ccc(C(C)(C)C)cc1. The lowest BCUT2D eigenvalue weighted by atomic mass is 9.86. The van der Waals surface area contributed by atoms with Crippen LogP contribution in [-0.4, -0.2) is 31.5 Å². The van der Waals surface area contributed by atoms with E-state index < -0.39 is 18.5 Å². The van der Waals surface area contributed by atoms with Crippen LogP contribution in [0.3, 0.4) is 0 Å². The molecule has 0 unspecified atom stereocenters. The van der Waals surface area contributed by atoms with Gasteiger partial charge < -0.3 is 20.1 Å². The lowest BCUT2D eigenvalue weighted by Crippen LogP contribution is -2.21. The van der Waals surface area contributed by atoms with E-state index in [0.29, 0.717) is 23.5 Å². The van der Waals surface area contributed by atoms with Crippen LogP contribution in [0.15, 0.2) is 42.5 Å². The van der Waals surface area contributed by atoms with Crippen LogP contribution in [-0.2, 0) is 31.0 Å². The fourth-order valence-electron chi connectivity index (χ4n) is 2.91. The van der Waals surface area contributed by atoms with Crippen molar-refractivity contribution in [3.63, 3.8) is 0 Å². The summed E-state index contributed by atoms with van der Waals surface area (Å²) in [4.78, 5) is 35.4. The van der Waals surface area contributed by atoms with E-state index in [0.717, 1.165) is 5.56 Å². The summed E-state index contributed by atoms with van der Waals surface area (Å²) in [5.74, 6) is -0.757. The topological polar surface area (TPSA) is 93.7 Å². The third-order valence-electron chi connectivity index (χ3n) is 4.60. The molecule has 7 heteroatoms. The average Bonchev–Trinajstić information content (AvgIpc) is 2.70. The third kappa shape index (κ3) is 7.77. The van der Waals surface area contributed by atoms with Crippen molar-refractivity contribution >= 4 is 29.2 Å². The second kappa shape index (κ2) is 10.6. The smallest absolute Gasteiger partial charge is 0.306 e. The Hall–Kier alpha value is -3.35. The molecule has 2 amide bonds. The van der Waals surface area contributed by atoms with Crippen LogP contribution in [0, 0.1) is 0 Å². The molecule has 166 valence electrons. The summed E-state index contributed by atoms with van der Waals surface area (Å²) in [7, 11) is 1.47. The fraction of sp³-hybridized carbons (Fsp3) is 0.375. The van der Waals surface area contributed by atoms with E-state index in [2.05, 4.69) is 43.5 Å². The standard InChI is InChI=1S/C24H30N2O5/c1-16(27)25-19-11-12-21(30-5)20(14-19)26-22(28)15-31-23(29)13-8-17-6-9-18(10-7-17)24(2,3)4/h6-7,9-12,14H,8,13,15H2,1-5H3,(H,25,27)(H,26,28). The van der Waals surface area contributed by atoms with Crippen LogP contribution in [0.2, 0.25) is 0 Å². The molecule has 0 saturated carbocycles. The highest BCUT2D eigenvalue weighted by molar-refractivity contribution is 5.96. The lowest BCUT2D eigenvalue weighted by molar-refractivity contribution is -0.147. The molecule has 0 bridgehead atoms. The Morgan fingerprint density at radius 2 is 1.65 bits per heavy atom. The Bertz CT molecular complexity index is 930. The van der Waals surface area contributed by atoms with Gasteiger partial charge in [-0.05, 0) is 41.2 Å². The molecule has 31 heavy (non-hydrogen) atoms. The zero-order valence-corrected chi connectivity index (χ0v) is 18.7. The Morgan fingerprint density at radius 3 is 2.23 bits per heavy atom. The molecule has 0 heterocycles. The second-order valence-corrected chi connectivity index (χ2v) is 8.25. The van der Waals surface area contributed by atoms with E-state index in [4.69, 9.17) is 9.47 Å². The number of carbonyl (C=O) groups is 3. The lowest BCUT2D eigenvalue weighted by Gasteiger charge is -2.19. The minimum Gasteiger partial charge on any atom is -0.495 e. The fourth-order valence-corrected chi connectivity index (χ4v) is 2.91. The summed E-state index contributed by atoms with van der Waals surface area (Å²) in [6, 6.07) is 13.0. The first-order valence-electron chi connectivity index (χ1n) is 10.1. The molecule has 2 aromatic carbocycles. The van der Waals surface area contributed by atoms with E-state index in [1.165, 1.54) is 19.6 Å². The maximum Gasteiger partial charge on any atom is 0.306 e. The molecule has 0 saturated heterocycles. The number of nitrogens with one attached hydrogen (secondary N) is 2. The molecule has 2 rings (SSSR count). The van der Waals surface area contributed by atoms with Crippen molar-refractivity contribution in [2.75, 3.05) is 24.4 Å². The Morgan fingerprint density at radius 1 is 0.968 bits per heavy atom. The van der Waals surface area contributed by atoms with Crippen molar-refractivity contribution in [1.82, 2.24) is 0 Å². The predicted octanol–water partition coefficient (Wildman–Crippen LogP) is 4.07. The van der Waals surface area contributed by atoms with Gasteiger partial charge in [-0.1, -0.05) is 45.0 Å². The van der Waals surface area contributed by atoms with Gasteiger partial charge in [-0.25, -0.2) is 0 Å². The molecule has 0 aliphatic heterocycles. The van der Waals surface area contributed by atoms with Crippen LogP contribution in [0.25, 0.3) is 0 Å². The number of methoxy groups -OCH3 is 1. The molecule has 0 atom stereocenters. The first-order chi connectivity index (χ1) is 14.6. The van der Waals surface area contributed by atoms with Crippen LogP contribution in [0.5, 0.6) is 5.75 Å². The summed E-state index contributed by atoms with van der Waals surface area (Å²) in [5, 5.41) is 5.26. The van der Waals surface area contributed by atoms with Gasteiger partial charge in [0.15, 0.2) is 6.61 Å². The van der Waals surface area contributed by atoms with Crippen LogP contribution in [0.1, 0.15) is 45.2 Å². The number of rotatable bonds is 8. The average molecular weight is 427 g/mol. The monoisotopic (exact) mass is 426 g/mol. The summed E-state index contributed by atoms with van der Waals surface area (Å²) in [6.07, 6.45) is 0.723. The van der Waals surface area contributed by atoms with Crippen LogP contribution < -0.4 is 15.4 Å². The highest BCUT2D eigenvalue weighted by atomic mass is 16.5. The largest absolute Gasteiger partial charge is 0.495 e. The second-order valence-electron chi connectivity index (χ2n) is 8.25. The Kier molecular flexibility index (Phi) is 8.19. The number of hydrogen-bond acceptors (Lipinski definition) is 5. The van der Waals surface area contributed by atoms with Gasteiger partial charge in [0.05, 0.1) is 12.8 Å². The van der Waals surface area contributed by atoms with Crippen LogP contribution >= 0.6 is 0 Å². The van der Waals surface area contributed by atoms with Gasteiger partial charge in [-0.3, -0.25) is 14.4 Å². The van der Waals surface area contributed by atoms with Gasteiger partial charge in [-0.2, -0.15) is 0 Å². The Labute approximate surface area is 183 Å². The number of aryl methyl sites for hydroxylation is 1. The van der Waals surface area contributed by atoms with E-state index >= 15 is 0 Å². The minimum absolute atomic E-state index is 0.0785. The molecule has 2 aromatic rings. The molecule has 7 nitrogen and oxygen atoms in total. The maximum absolute atomic E-state index is 12.2. The van der Waals surface area contributed by atoms with Crippen molar-refractivity contribution in [3.8, 4) is 5.75 Å². The van der Waals surface area contributed by atoms with Crippen molar-refractivity contribution in [2.24, 2.45) is 0 Å². The molecular weight excluding hydrogens is 396 g/mol. The van der Waals surface area contributed by atoms with E-state index in [1.54, 1.807) is 18.2 Å². The van der Waals surface area contributed by atoms with Crippen LogP contribution in [0.4, 0.5) is 11.4 Å². The van der Waals surface area contributed by atoms with Gasteiger partial charge in [0.1, 0.15) is 5.75 Å². The number of hydrogen-bond donors (Lipinski definition) is 2. The van der Waals surface area contributed by atoms with Gasteiger partial charge in [0.25, 0.3) is 5.91 Å². The molecule has 2 N–H and O–H groups in total. The Balaban J connectivity index is 1.84. The van der Waals surface area contributed by atoms with Gasteiger partial charge in [0.2, 0.25) is 5.91 Å². The van der Waals surface area contributed by atoms with E-state index in [1.807, 2.05) is 12.1 Å². The first kappa shape index (κ1) is 23.9. The highest BCUT2D eigenvalue weighted by Crippen LogP contribution is 2.28. The molecular formula is C24H30N2O5. The minimum atomic E-state index is -0.499. The summed E-state index contributed by atoms with van der Waals surface area (Å²) < 4.78 is 10.3. The van der Waals surface area contributed by atoms with E-state index in [-0.39, 0.29) is 17.7 Å². The zero-order valence-electron chi connectivity index (χ0n) is 18.7. The number of benzene rings is 2. The highest BCUT2D eigenvalue weighted by Gasteiger charge is 2.14. The number of anilines is 2. The predicted molar refractivity (Wildman–Crippen MR) is 120 cm³/mol. The summed E-state index contributed by atoms with van der Waals surface area (Å²) in [6.45, 7) is 7.43. The van der Waals surface area contributed by atoms with Crippen molar-refractivity contribution in [2.45, 2.75) is 46.0 Å². The molecule has 0 aliphatic carbocycles. The number of carbonyl (C=O) groups excluding carboxylic acids is 3. The van der Waals surface area contributed by atoms with Crippen molar-refractivity contribution in [1.29, 1.82) is 0 Å². The summed E-state index contributed by atoms with van der Waals surface area (Å²) >= 11 is 0. The maximum atomic E-state index is 12.2. The number of esters is 1. The quantitative estimate of drug-likeness (QED) is 0.621. The summed E-state index contributed by atoms with van der Waals surface area (Å²) in [5.41, 5.74) is 3.23. The zero-order chi connectivity index (χ0) is 23.0. The van der Waals surface area contributed by atoms with Gasteiger partial charge in [0, 0.05) is 19.0 Å². The normalized spacial score (nSPS) is 10.9. The first-order valence-corrected chi connectivity index (χ1v) is 10.1. The van der Waals surface area contributed by atoms with Gasteiger partial charge >= 0.3 is 5.97 Å². The molecule has 0 spiro atoms.